The van der Waals surface area contributed by atoms with Crippen LogP contribution in [0.2, 0.25) is 0 Å². The van der Waals surface area contributed by atoms with Crippen LogP contribution in [0.25, 0.3) is 5.52 Å². The summed E-state index contributed by atoms with van der Waals surface area (Å²) in [6.07, 6.45) is 1.85. The van der Waals surface area contributed by atoms with Gasteiger partial charge in [0.1, 0.15) is 0 Å². The number of aromatic nitrogens is 2. The van der Waals surface area contributed by atoms with Gasteiger partial charge in [-0.2, -0.15) is 4.98 Å². The van der Waals surface area contributed by atoms with Gasteiger partial charge >= 0.3 is 6.01 Å². The summed E-state index contributed by atoms with van der Waals surface area (Å²) < 4.78 is 6.85. The van der Waals surface area contributed by atoms with E-state index in [-0.39, 0.29) is 6.61 Å². The van der Waals surface area contributed by atoms with Gasteiger partial charge in [-0.3, -0.25) is 4.40 Å². The zero-order chi connectivity index (χ0) is 9.26. The fourth-order valence-electron chi connectivity index (χ4n) is 1.33. The van der Waals surface area contributed by atoms with Crippen molar-refractivity contribution in [1.82, 2.24) is 9.38 Å². The number of methoxy groups -OCH3 is 1. The van der Waals surface area contributed by atoms with Crippen molar-refractivity contribution in [1.29, 1.82) is 0 Å². The Morgan fingerprint density at radius 1 is 1.54 bits per heavy atom. The third-order valence-electron chi connectivity index (χ3n) is 1.92. The molecule has 0 fully saturated rings. The van der Waals surface area contributed by atoms with Crippen LogP contribution in [0.1, 0.15) is 5.69 Å². The van der Waals surface area contributed by atoms with Gasteiger partial charge in [0.25, 0.3) is 0 Å². The Balaban J connectivity index is 2.74. The molecule has 0 saturated heterocycles. The molecule has 0 bridgehead atoms. The lowest BCUT2D eigenvalue weighted by atomic mass is 10.3. The lowest BCUT2D eigenvalue weighted by molar-refractivity contribution is 0.277. The van der Waals surface area contributed by atoms with Gasteiger partial charge in [0.2, 0.25) is 0 Å². The zero-order valence-electron chi connectivity index (χ0n) is 7.27. The third kappa shape index (κ3) is 1.15. The van der Waals surface area contributed by atoms with Gasteiger partial charge in [-0.1, -0.05) is 6.07 Å². The summed E-state index contributed by atoms with van der Waals surface area (Å²) in [5.41, 5.74) is 1.51. The van der Waals surface area contributed by atoms with E-state index in [4.69, 9.17) is 9.84 Å². The van der Waals surface area contributed by atoms with Crippen molar-refractivity contribution >= 4 is 5.52 Å². The predicted molar refractivity (Wildman–Crippen MR) is 47.7 cm³/mol. The summed E-state index contributed by atoms with van der Waals surface area (Å²) in [5, 5.41) is 9.01. The number of nitrogens with zero attached hydrogens (tertiary/aromatic N) is 2. The molecule has 0 amide bonds. The maximum absolute atomic E-state index is 9.01. The summed E-state index contributed by atoms with van der Waals surface area (Å²) in [6, 6.07) is 6.18. The largest absolute Gasteiger partial charge is 0.468 e. The Kier molecular flexibility index (Phi) is 1.90. The van der Waals surface area contributed by atoms with Crippen LogP contribution in [0.15, 0.2) is 24.4 Å². The highest BCUT2D eigenvalue weighted by atomic mass is 16.5. The molecule has 0 spiro atoms. The predicted octanol–water partition coefficient (Wildman–Crippen LogP) is 0.835. The van der Waals surface area contributed by atoms with Crippen molar-refractivity contribution < 1.29 is 9.84 Å². The number of rotatable bonds is 2. The van der Waals surface area contributed by atoms with E-state index in [1.807, 2.05) is 24.4 Å². The molecule has 2 rings (SSSR count). The molecule has 0 atom stereocenters. The quantitative estimate of drug-likeness (QED) is 0.741. The molecule has 2 aromatic heterocycles. The molecule has 0 radical (unpaired) electrons. The number of fused-ring (bicyclic) bond motifs is 1. The van der Waals surface area contributed by atoms with E-state index in [0.29, 0.717) is 11.7 Å². The highest BCUT2D eigenvalue weighted by Crippen LogP contribution is 2.17. The van der Waals surface area contributed by atoms with E-state index in [9.17, 15) is 0 Å². The Morgan fingerprint density at radius 2 is 2.38 bits per heavy atom. The lowest BCUT2D eigenvalue weighted by Gasteiger charge is -1.96. The molecule has 1 N–H and O–H groups in total. The average Bonchev–Trinajstić information content (AvgIpc) is 2.56. The minimum atomic E-state index is -0.0725. The van der Waals surface area contributed by atoms with Gasteiger partial charge < -0.3 is 9.84 Å². The molecule has 0 unspecified atom stereocenters. The summed E-state index contributed by atoms with van der Waals surface area (Å²) >= 11 is 0. The summed E-state index contributed by atoms with van der Waals surface area (Å²) in [5.74, 6) is 0. The van der Waals surface area contributed by atoms with Gasteiger partial charge in [-0.15, -0.1) is 0 Å². The number of hydrogen-bond donors (Lipinski definition) is 1. The Hall–Kier alpha value is -1.55. The second kappa shape index (κ2) is 3.06. The summed E-state index contributed by atoms with van der Waals surface area (Å²) in [7, 11) is 1.56. The maximum atomic E-state index is 9.01. The van der Waals surface area contributed by atoms with Gasteiger partial charge in [0.15, 0.2) is 0 Å². The summed E-state index contributed by atoms with van der Waals surface area (Å²) in [6.45, 7) is -0.0725. The normalized spacial score (nSPS) is 10.6. The number of aliphatic hydroxyl groups is 1. The van der Waals surface area contributed by atoms with E-state index in [1.165, 1.54) is 0 Å². The molecule has 13 heavy (non-hydrogen) atoms. The van der Waals surface area contributed by atoms with Crippen LogP contribution < -0.4 is 4.74 Å². The number of hydrogen-bond acceptors (Lipinski definition) is 3. The fraction of sp³-hybridized carbons (Fsp3) is 0.222. The van der Waals surface area contributed by atoms with Crippen molar-refractivity contribution in [3.05, 3.63) is 30.1 Å². The van der Waals surface area contributed by atoms with Crippen molar-refractivity contribution in [2.75, 3.05) is 7.11 Å². The van der Waals surface area contributed by atoms with Gasteiger partial charge in [0, 0.05) is 6.20 Å². The van der Waals surface area contributed by atoms with Crippen LogP contribution in [0.4, 0.5) is 0 Å². The first-order chi connectivity index (χ1) is 6.36. The number of imidazole rings is 1. The second-order valence-electron chi connectivity index (χ2n) is 2.66. The van der Waals surface area contributed by atoms with Crippen LogP contribution in [-0.2, 0) is 6.61 Å². The van der Waals surface area contributed by atoms with E-state index < -0.39 is 0 Å². The van der Waals surface area contributed by atoms with Gasteiger partial charge in [0.05, 0.1) is 24.9 Å². The average molecular weight is 178 g/mol. The highest BCUT2D eigenvalue weighted by molar-refractivity contribution is 5.53. The Labute approximate surface area is 75.4 Å². The first-order valence-corrected chi connectivity index (χ1v) is 3.97. The van der Waals surface area contributed by atoms with Crippen molar-refractivity contribution in [2.45, 2.75) is 6.61 Å². The van der Waals surface area contributed by atoms with E-state index in [1.54, 1.807) is 11.5 Å². The smallest absolute Gasteiger partial charge is 0.301 e. The molecule has 68 valence electrons. The molecule has 0 aliphatic rings. The first kappa shape index (κ1) is 8.07. The van der Waals surface area contributed by atoms with Crippen LogP contribution in [0, 0.1) is 0 Å². The maximum Gasteiger partial charge on any atom is 0.301 e. The van der Waals surface area contributed by atoms with Crippen molar-refractivity contribution in [3.8, 4) is 6.01 Å². The SMILES string of the molecule is COc1nc(CO)c2ccccn12. The van der Waals surface area contributed by atoms with Crippen LogP contribution >= 0.6 is 0 Å². The fourth-order valence-corrected chi connectivity index (χ4v) is 1.33. The molecular formula is C9H10N2O2. The Bertz CT molecular complexity index is 384. The van der Waals surface area contributed by atoms with Gasteiger partial charge in [-0.25, -0.2) is 0 Å². The number of aliphatic hydroxyl groups excluding tert-OH is 1. The van der Waals surface area contributed by atoms with E-state index in [0.717, 1.165) is 5.52 Å². The molecule has 0 aliphatic carbocycles. The topological polar surface area (TPSA) is 46.8 Å². The van der Waals surface area contributed by atoms with E-state index in [2.05, 4.69) is 4.98 Å². The number of ether oxygens (including phenoxy) is 1. The third-order valence-corrected chi connectivity index (χ3v) is 1.92. The Morgan fingerprint density at radius 3 is 3.08 bits per heavy atom. The monoisotopic (exact) mass is 178 g/mol. The van der Waals surface area contributed by atoms with Crippen molar-refractivity contribution in [2.24, 2.45) is 0 Å². The van der Waals surface area contributed by atoms with Crippen LogP contribution in [0.3, 0.4) is 0 Å². The minimum absolute atomic E-state index is 0.0725. The number of pyridine rings is 1. The van der Waals surface area contributed by atoms with Crippen molar-refractivity contribution in [3.63, 3.8) is 0 Å². The van der Waals surface area contributed by atoms with E-state index >= 15 is 0 Å². The summed E-state index contributed by atoms with van der Waals surface area (Å²) in [4.78, 5) is 4.12. The molecule has 0 aliphatic heterocycles. The lowest BCUT2D eigenvalue weighted by Crippen LogP contribution is -1.89. The second-order valence-corrected chi connectivity index (χ2v) is 2.66. The van der Waals surface area contributed by atoms with Gasteiger partial charge in [-0.05, 0) is 12.1 Å². The molecule has 2 aromatic rings. The highest BCUT2D eigenvalue weighted by Gasteiger charge is 2.08. The van der Waals surface area contributed by atoms with Crippen LogP contribution in [-0.4, -0.2) is 21.6 Å². The van der Waals surface area contributed by atoms with Crippen LogP contribution in [0.5, 0.6) is 6.01 Å². The molecule has 4 heteroatoms. The minimum Gasteiger partial charge on any atom is -0.468 e. The molecular weight excluding hydrogens is 168 g/mol. The standard InChI is InChI=1S/C9H10N2O2/c1-13-9-10-7(6-12)8-4-2-3-5-11(8)9/h2-5,12H,6H2,1H3. The molecule has 2 heterocycles. The molecule has 0 aromatic carbocycles. The zero-order valence-corrected chi connectivity index (χ0v) is 7.27. The molecule has 4 nitrogen and oxygen atoms in total. The molecule has 0 saturated carbocycles. The first-order valence-electron chi connectivity index (χ1n) is 3.97.